The molecule has 0 atom stereocenters. The summed E-state index contributed by atoms with van der Waals surface area (Å²) < 4.78 is 12.5. The van der Waals surface area contributed by atoms with Crippen LogP contribution < -0.4 is 9.47 Å². The molecule has 0 radical (unpaired) electrons. The molecular formula is C25H19BrN2O2. The third kappa shape index (κ3) is 5.29. The molecule has 0 aliphatic carbocycles. The van der Waals surface area contributed by atoms with E-state index < -0.39 is 0 Å². The highest BCUT2D eigenvalue weighted by Gasteiger charge is 2.13. The highest BCUT2D eigenvalue weighted by molar-refractivity contribution is 9.10. The third-order valence-electron chi connectivity index (χ3n) is 4.29. The molecule has 0 aliphatic heterocycles. The molecule has 0 N–H and O–H groups in total. The van der Waals surface area contributed by atoms with E-state index in [1.165, 1.54) is 0 Å². The number of benzene rings is 3. The van der Waals surface area contributed by atoms with E-state index >= 15 is 0 Å². The lowest BCUT2D eigenvalue weighted by Crippen LogP contribution is -2.01. The Labute approximate surface area is 184 Å². The van der Waals surface area contributed by atoms with Crippen molar-refractivity contribution in [3.05, 3.63) is 93.5 Å². The van der Waals surface area contributed by atoms with Crippen molar-refractivity contribution in [2.24, 2.45) is 0 Å². The summed E-state index contributed by atoms with van der Waals surface area (Å²) in [6.07, 6.45) is 1.77. The number of halogens is 1. The van der Waals surface area contributed by atoms with Gasteiger partial charge in [0.2, 0.25) is 0 Å². The first kappa shape index (κ1) is 21.2. The average Bonchev–Trinajstić information content (AvgIpc) is 2.78. The Kier molecular flexibility index (Phi) is 7.27. The summed E-state index contributed by atoms with van der Waals surface area (Å²) in [5.74, 6) is 1.21. The molecule has 0 saturated carbocycles. The largest absolute Gasteiger partial charge is 0.490 e. The third-order valence-corrected chi connectivity index (χ3v) is 4.88. The van der Waals surface area contributed by atoms with Gasteiger partial charge in [-0.05, 0) is 69.9 Å². The van der Waals surface area contributed by atoms with Crippen LogP contribution in [0.4, 0.5) is 0 Å². The second-order valence-electron chi connectivity index (χ2n) is 6.40. The van der Waals surface area contributed by atoms with Crippen LogP contribution in [0.15, 0.2) is 71.2 Å². The summed E-state index contributed by atoms with van der Waals surface area (Å²) in [5.41, 5.74) is 3.50. The molecule has 0 bridgehead atoms. The standard InChI is InChI=1S/C25H19BrN2O2/c1-2-29-24-14-20(12-22(16-28)21-10-6-9-19(11-21)15-27)13-23(26)25(24)30-17-18-7-4-3-5-8-18/h3-14H,2,17H2,1H3/b22-12-. The minimum atomic E-state index is 0.416. The van der Waals surface area contributed by atoms with Gasteiger partial charge in [-0.1, -0.05) is 42.5 Å². The van der Waals surface area contributed by atoms with Crippen LogP contribution in [0, 0.1) is 22.7 Å². The van der Waals surface area contributed by atoms with Crippen LogP contribution in [-0.4, -0.2) is 6.61 Å². The van der Waals surface area contributed by atoms with Gasteiger partial charge in [-0.3, -0.25) is 0 Å². The second-order valence-corrected chi connectivity index (χ2v) is 7.25. The van der Waals surface area contributed by atoms with E-state index in [9.17, 15) is 5.26 Å². The number of nitrogens with zero attached hydrogens (tertiary/aromatic N) is 2. The van der Waals surface area contributed by atoms with E-state index in [0.29, 0.717) is 41.4 Å². The van der Waals surface area contributed by atoms with Crippen molar-refractivity contribution >= 4 is 27.6 Å². The fraction of sp³-hybridized carbons (Fsp3) is 0.120. The SMILES string of the molecule is CCOc1cc(/C=C(/C#N)c2cccc(C#N)c2)cc(Br)c1OCc1ccccc1. The van der Waals surface area contributed by atoms with Gasteiger partial charge in [0.15, 0.2) is 11.5 Å². The Morgan fingerprint density at radius 2 is 1.80 bits per heavy atom. The monoisotopic (exact) mass is 458 g/mol. The van der Waals surface area contributed by atoms with Gasteiger partial charge in [0.25, 0.3) is 0 Å². The van der Waals surface area contributed by atoms with E-state index in [2.05, 4.69) is 28.1 Å². The summed E-state index contributed by atoms with van der Waals surface area (Å²) in [5, 5.41) is 18.8. The van der Waals surface area contributed by atoms with Crippen molar-refractivity contribution in [2.75, 3.05) is 6.61 Å². The molecule has 30 heavy (non-hydrogen) atoms. The van der Waals surface area contributed by atoms with Crippen LogP contribution >= 0.6 is 15.9 Å². The molecule has 0 aliphatic rings. The Morgan fingerprint density at radius 1 is 1.00 bits per heavy atom. The molecule has 0 saturated heterocycles. The van der Waals surface area contributed by atoms with Gasteiger partial charge in [-0.15, -0.1) is 0 Å². The molecule has 3 rings (SSSR count). The molecule has 0 spiro atoms. The van der Waals surface area contributed by atoms with Gasteiger partial charge in [0.05, 0.1) is 34.4 Å². The Balaban J connectivity index is 1.94. The maximum absolute atomic E-state index is 9.64. The zero-order valence-electron chi connectivity index (χ0n) is 16.4. The van der Waals surface area contributed by atoms with Crippen molar-refractivity contribution in [2.45, 2.75) is 13.5 Å². The molecule has 148 valence electrons. The van der Waals surface area contributed by atoms with Crippen LogP contribution in [0.1, 0.15) is 29.2 Å². The summed E-state index contributed by atoms with van der Waals surface area (Å²) in [6.45, 7) is 2.81. The van der Waals surface area contributed by atoms with E-state index in [-0.39, 0.29) is 0 Å². The molecule has 4 nitrogen and oxygen atoms in total. The van der Waals surface area contributed by atoms with Gasteiger partial charge in [0, 0.05) is 0 Å². The summed E-state index contributed by atoms with van der Waals surface area (Å²) in [6, 6.07) is 24.9. The minimum absolute atomic E-state index is 0.416. The number of allylic oxidation sites excluding steroid dienone is 1. The van der Waals surface area contributed by atoms with E-state index in [0.717, 1.165) is 15.6 Å². The van der Waals surface area contributed by atoms with Gasteiger partial charge >= 0.3 is 0 Å². The number of rotatable bonds is 7. The molecule has 0 heterocycles. The zero-order chi connectivity index (χ0) is 21.3. The molecule has 0 unspecified atom stereocenters. The van der Waals surface area contributed by atoms with Crippen molar-refractivity contribution in [3.8, 4) is 23.6 Å². The Hall–Kier alpha value is -3.54. The predicted octanol–water partition coefficient (Wildman–Crippen LogP) is 6.36. The first-order valence-electron chi connectivity index (χ1n) is 9.40. The molecular weight excluding hydrogens is 440 g/mol. The van der Waals surface area contributed by atoms with Crippen LogP contribution in [-0.2, 0) is 6.61 Å². The maximum Gasteiger partial charge on any atom is 0.175 e. The molecule has 0 fully saturated rings. The first-order valence-corrected chi connectivity index (χ1v) is 10.2. The number of hydrogen-bond acceptors (Lipinski definition) is 4. The highest BCUT2D eigenvalue weighted by Crippen LogP contribution is 2.38. The van der Waals surface area contributed by atoms with E-state index in [1.54, 1.807) is 24.3 Å². The number of hydrogen-bond donors (Lipinski definition) is 0. The summed E-state index contributed by atoms with van der Waals surface area (Å²) in [4.78, 5) is 0. The van der Waals surface area contributed by atoms with Crippen LogP contribution in [0.2, 0.25) is 0 Å². The Bertz CT molecular complexity index is 1140. The lowest BCUT2D eigenvalue weighted by molar-refractivity contribution is 0.267. The van der Waals surface area contributed by atoms with Crippen LogP contribution in [0.25, 0.3) is 11.6 Å². The topological polar surface area (TPSA) is 66.0 Å². The Morgan fingerprint density at radius 3 is 2.50 bits per heavy atom. The number of nitriles is 2. The maximum atomic E-state index is 9.64. The smallest absolute Gasteiger partial charge is 0.175 e. The summed E-state index contributed by atoms with van der Waals surface area (Å²) >= 11 is 3.57. The molecule has 0 amide bonds. The van der Waals surface area contributed by atoms with Gasteiger partial charge in [-0.25, -0.2) is 0 Å². The first-order chi connectivity index (χ1) is 14.6. The fourth-order valence-corrected chi connectivity index (χ4v) is 3.48. The van der Waals surface area contributed by atoms with E-state index in [1.807, 2.05) is 55.5 Å². The number of ether oxygens (including phenoxy) is 2. The molecule has 3 aromatic rings. The normalized spacial score (nSPS) is 10.7. The fourth-order valence-electron chi connectivity index (χ4n) is 2.91. The van der Waals surface area contributed by atoms with Crippen LogP contribution in [0.5, 0.6) is 11.5 Å². The van der Waals surface area contributed by atoms with Crippen molar-refractivity contribution in [1.82, 2.24) is 0 Å². The minimum Gasteiger partial charge on any atom is -0.490 e. The highest BCUT2D eigenvalue weighted by atomic mass is 79.9. The van der Waals surface area contributed by atoms with E-state index in [4.69, 9.17) is 14.7 Å². The average molecular weight is 459 g/mol. The molecule has 0 aromatic heterocycles. The van der Waals surface area contributed by atoms with Gasteiger partial charge in [0.1, 0.15) is 6.61 Å². The summed E-state index contributed by atoms with van der Waals surface area (Å²) in [7, 11) is 0. The van der Waals surface area contributed by atoms with Crippen molar-refractivity contribution < 1.29 is 9.47 Å². The second kappa shape index (κ2) is 10.3. The predicted molar refractivity (Wildman–Crippen MR) is 121 cm³/mol. The van der Waals surface area contributed by atoms with Gasteiger partial charge in [-0.2, -0.15) is 10.5 Å². The lowest BCUT2D eigenvalue weighted by Gasteiger charge is -2.15. The van der Waals surface area contributed by atoms with Crippen molar-refractivity contribution in [3.63, 3.8) is 0 Å². The van der Waals surface area contributed by atoms with Gasteiger partial charge < -0.3 is 9.47 Å². The zero-order valence-corrected chi connectivity index (χ0v) is 18.0. The molecule has 5 heteroatoms. The lowest BCUT2D eigenvalue weighted by atomic mass is 10.0. The molecule has 3 aromatic carbocycles. The quantitative estimate of drug-likeness (QED) is 0.305. The van der Waals surface area contributed by atoms with Crippen LogP contribution in [0.3, 0.4) is 0 Å². The van der Waals surface area contributed by atoms with Crippen molar-refractivity contribution in [1.29, 1.82) is 10.5 Å².